The Morgan fingerprint density at radius 1 is 1.30 bits per heavy atom. The topological polar surface area (TPSA) is 49.4 Å². The van der Waals surface area contributed by atoms with Crippen LogP contribution in [0.4, 0.5) is 8.78 Å². The van der Waals surface area contributed by atoms with Crippen LogP contribution in [0.15, 0.2) is 23.1 Å². The summed E-state index contributed by atoms with van der Waals surface area (Å²) in [6.45, 7) is 0.907. The molecule has 0 aliphatic carbocycles. The zero-order valence-corrected chi connectivity index (χ0v) is 12.6. The van der Waals surface area contributed by atoms with Crippen LogP contribution in [-0.4, -0.2) is 38.9 Å². The third kappa shape index (κ3) is 3.46. The van der Waals surface area contributed by atoms with Gasteiger partial charge < -0.3 is 5.32 Å². The average Bonchev–Trinajstić information content (AvgIpc) is 2.77. The van der Waals surface area contributed by atoms with Gasteiger partial charge in [-0.3, -0.25) is 0 Å². The Morgan fingerprint density at radius 3 is 2.45 bits per heavy atom. The van der Waals surface area contributed by atoms with E-state index in [0.29, 0.717) is 19.2 Å². The molecular formula is C12H17ClF2N2O2S. The molecule has 0 amide bonds. The van der Waals surface area contributed by atoms with Crippen molar-refractivity contribution < 1.29 is 17.2 Å². The molecule has 1 fully saturated rings. The first kappa shape index (κ1) is 17.3. The summed E-state index contributed by atoms with van der Waals surface area (Å²) in [5.74, 6) is -1.77. The van der Waals surface area contributed by atoms with Crippen molar-refractivity contribution in [3.05, 3.63) is 29.8 Å². The summed E-state index contributed by atoms with van der Waals surface area (Å²) in [7, 11) is -2.10. The van der Waals surface area contributed by atoms with Crippen molar-refractivity contribution in [2.45, 2.75) is 23.8 Å². The van der Waals surface area contributed by atoms with Gasteiger partial charge in [0, 0.05) is 25.2 Å². The quantitative estimate of drug-likeness (QED) is 0.917. The number of likely N-dealkylation sites (N-methyl/N-ethyl adjacent to an activating group) is 1. The number of hydrogen-bond donors (Lipinski definition) is 1. The van der Waals surface area contributed by atoms with Gasteiger partial charge in [0.1, 0.15) is 11.6 Å². The monoisotopic (exact) mass is 326 g/mol. The standard InChI is InChI=1S/C12H16F2N2O2S.ClH/c1-15-8-11-3-2-4-16(11)19(17,18)12-6-9(13)5-10(14)7-12;/h5-7,11,15H,2-4,8H2,1H3;1H. The van der Waals surface area contributed by atoms with Crippen molar-refractivity contribution in [1.29, 1.82) is 0 Å². The van der Waals surface area contributed by atoms with Crippen LogP contribution in [0.2, 0.25) is 0 Å². The summed E-state index contributed by atoms with van der Waals surface area (Å²) in [6, 6.07) is 2.20. The molecule has 0 radical (unpaired) electrons. The molecule has 1 atom stereocenters. The molecule has 2 rings (SSSR count). The number of nitrogens with one attached hydrogen (secondary N) is 1. The number of nitrogens with zero attached hydrogens (tertiary/aromatic N) is 1. The first-order valence-corrected chi connectivity index (χ1v) is 7.51. The van der Waals surface area contributed by atoms with E-state index in [1.165, 1.54) is 4.31 Å². The van der Waals surface area contributed by atoms with Crippen LogP contribution in [0.3, 0.4) is 0 Å². The van der Waals surface area contributed by atoms with Crippen LogP contribution < -0.4 is 5.32 Å². The summed E-state index contributed by atoms with van der Waals surface area (Å²) in [5.41, 5.74) is 0. The van der Waals surface area contributed by atoms with Gasteiger partial charge in [0.25, 0.3) is 0 Å². The van der Waals surface area contributed by atoms with Crippen molar-refractivity contribution >= 4 is 22.4 Å². The zero-order chi connectivity index (χ0) is 14.0. The van der Waals surface area contributed by atoms with Crippen molar-refractivity contribution in [1.82, 2.24) is 9.62 Å². The van der Waals surface area contributed by atoms with E-state index in [1.807, 2.05) is 0 Å². The molecule has 20 heavy (non-hydrogen) atoms. The van der Waals surface area contributed by atoms with Gasteiger partial charge in [-0.15, -0.1) is 12.4 Å². The van der Waals surface area contributed by atoms with Crippen LogP contribution in [0.1, 0.15) is 12.8 Å². The maximum atomic E-state index is 13.2. The molecule has 8 heteroatoms. The lowest BCUT2D eigenvalue weighted by molar-refractivity contribution is 0.378. The lowest BCUT2D eigenvalue weighted by Gasteiger charge is -2.23. The first-order valence-electron chi connectivity index (χ1n) is 6.07. The summed E-state index contributed by atoms with van der Waals surface area (Å²) in [4.78, 5) is -0.326. The minimum absolute atomic E-state index is 0. The molecule has 1 N–H and O–H groups in total. The SMILES string of the molecule is CNCC1CCCN1S(=O)(=O)c1cc(F)cc(F)c1.Cl. The second-order valence-corrected chi connectivity index (χ2v) is 6.47. The largest absolute Gasteiger partial charge is 0.318 e. The van der Waals surface area contributed by atoms with Gasteiger partial charge in [0.15, 0.2) is 0 Å². The van der Waals surface area contributed by atoms with Crippen LogP contribution >= 0.6 is 12.4 Å². The van der Waals surface area contributed by atoms with Crippen molar-refractivity contribution in [3.63, 3.8) is 0 Å². The molecule has 1 aliphatic heterocycles. The molecular weight excluding hydrogens is 310 g/mol. The maximum absolute atomic E-state index is 13.2. The Balaban J connectivity index is 0.00000200. The van der Waals surface area contributed by atoms with E-state index in [0.717, 1.165) is 25.0 Å². The molecule has 1 saturated heterocycles. The van der Waals surface area contributed by atoms with Crippen LogP contribution in [0, 0.1) is 11.6 Å². The fourth-order valence-electron chi connectivity index (χ4n) is 2.38. The average molecular weight is 327 g/mol. The van der Waals surface area contributed by atoms with E-state index in [2.05, 4.69) is 5.32 Å². The molecule has 1 heterocycles. The summed E-state index contributed by atoms with van der Waals surface area (Å²) >= 11 is 0. The van der Waals surface area contributed by atoms with Crippen molar-refractivity contribution in [3.8, 4) is 0 Å². The van der Waals surface area contributed by atoms with Gasteiger partial charge in [-0.05, 0) is 32.0 Å². The van der Waals surface area contributed by atoms with E-state index in [9.17, 15) is 17.2 Å². The molecule has 4 nitrogen and oxygen atoms in total. The highest BCUT2D eigenvalue weighted by molar-refractivity contribution is 7.89. The molecule has 0 aromatic heterocycles. The highest BCUT2D eigenvalue weighted by Gasteiger charge is 2.35. The van der Waals surface area contributed by atoms with Gasteiger partial charge in [-0.1, -0.05) is 0 Å². The predicted molar refractivity (Wildman–Crippen MR) is 74.4 cm³/mol. The van der Waals surface area contributed by atoms with Crippen LogP contribution in [0.5, 0.6) is 0 Å². The Morgan fingerprint density at radius 2 is 1.90 bits per heavy atom. The second kappa shape index (κ2) is 6.80. The lowest BCUT2D eigenvalue weighted by atomic mass is 10.2. The van der Waals surface area contributed by atoms with E-state index < -0.39 is 21.7 Å². The number of benzene rings is 1. The van der Waals surface area contributed by atoms with E-state index in [4.69, 9.17) is 0 Å². The molecule has 1 unspecified atom stereocenters. The van der Waals surface area contributed by atoms with Crippen molar-refractivity contribution in [2.75, 3.05) is 20.1 Å². The number of rotatable bonds is 4. The second-order valence-electron chi connectivity index (χ2n) is 4.57. The third-order valence-electron chi connectivity index (χ3n) is 3.21. The Hall–Kier alpha value is -0.760. The predicted octanol–water partition coefficient (Wildman–Crippen LogP) is 1.76. The Bertz CT molecular complexity index is 548. The third-order valence-corrected chi connectivity index (χ3v) is 5.14. The highest BCUT2D eigenvalue weighted by atomic mass is 35.5. The molecule has 0 bridgehead atoms. The number of hydrogen-bond acceptors (Lipinski definition) is 3. The summed E-state index contributed by atoms with van der Waals surface area (Å²) in [6.07, 6.45) is 1.50. The Kier molecular flexibility index (Phi) is 5.88. The summed E-state index contributed by atoms with van der Waals surface area (Å²) < 4.78 is 52.4. The maximum Gasteiger partial charge on any atom is 0.243 e. The normalized spacial score (nSPS) is 19.9. The molecule has 0 spiro atoms. The Labute approximate surface area is 123 Å². The van der Waals surface area contributed by atoms with E-state index in [-0.39, 0.29) is 23.3 Å². The zero-order valence-electron chi connectivity index (χ0n) is 11.0. The molecule has 0 saturated carbocycles. The van der Waals surface area contributed by atoms with Gasteiger partial charge in [-0.25, -0.2) is 17.2 Å². The molecule has 1 aliphatic rings. The number of sulfonamides is 1. The summed E-state index contributed by atoms with van der Waals surface area (Å²) in [5, 5.41) is 2.93. The smallest absolute Gasteiger partial charge is 0.243 e. The minimum atomic E-state index is -3.84. The molecule has 1 aromatic rings. The van der Waals surface area contributed by atoms with Gasteiger partial charge in [0.2, 0.25) is 10.0 Å². The van der Waals surface area contributed by atoms with Crippen LogP contribution in [0.25, 0.3) is 0 Å². The van der Waals surface area contributed by atoms with E-state index in [1.54, 1.807) is 7.05 Å². The van der Waals surface area contributed by atoms with Crippen molar-refractivity contribution in [2.24, 2.45) is 0 Å². The van der Waals surface area contributed by atoms with Gasteiger partial charge in [0.05, 0.1) is 4.90 Å². The first-order chi connectivity index (χ1) is 8.95. The van der Waals surface area contributed by atoms with Gasteiger partial charge >= 0.3 is 0 Å². The number of halogens is 3. The minimum Gasteiger partial charge on any atom is -0.318 e. The van der Waals surface area contributed by atoms with Gasteiger partial charge in [-0.2, -0.15) is 4.31 Å². The fraction of sp³-hybridized carbons (Fsp3) is 0.500. The fourth-order valence-corrected chi connectivity index (χ4v) is 4.11. The van der Waals surface area contributed by atoms with E-state index >= 15 is 0 Å². The molecule has 114 valence electrons. The lowest BCUT2D eigenvalue weighted by Crippen LogP contribution is -2.40. The highest BCUT2D eigenvalue weighted by Crippen LogP contribution is 2.26. The molecule has 1 aromatic carbocycles. The van der Waals surface area contributed by atoms with Crippen LogP contribution in [-0.2, 0) is 10.0 Å².